The van der Waals surface area contributed by atoms with Crippen LogP contribution in [0.1, 0.15) is 36.8 Å². The number of nitrogens with zero attached hydrogens (tertiary/aromatic N) is 3. The van der Waals surface area contributed by atoms with E-state index in [9.17, 15) is 9.18 Å². The van der Waals surface area contributed by atoms with Crippen LogP contribution >= 0.6 is 0 Å². The van der Waals surface area contributed by atoms with Crippen LogP contribution < -0.4 is 11.1 Å². The number of alkyl halides is 1. The maximum Gasteiger partial charge on any atom is 0.252 e. The predicted molar refractivity (Wildman–Crippen MR) is 99.9 cm³/mol. The molecule has 0 bridgehead atoms. The van der Waals surface area contributed by atoms with E-state index >= 15 is 0 Å². The van der Waals surface area contributed by atoms with Crippen molar-refractivity contribution in [3.05, 3.63) is 48.0 Å². The number of hydrogen-bond donors (Lipinski definition) is 2. The first kappa shape index (κ1) is 17.8. The number of nitrogens with two attached hydrogens (primary N) is 1. The Hall–Kier alpha value is -2.96. The van der Waals surface area contributed by atoms with Gasteiger partial charge in [0.1, 0.15) is 5.67 Å². The molecule has 0 aliphatic rings. The predicted octanol–water partition coefficient (Wildman–Crippen LogP) is 3.35. The number of anilines is 1. The Morgan fingerprint density at radius 3 is 2.69 bits per heavy atom. The van der Waals surface area contributed by atoms with Gasteiger partial charge in [-0.1, -0.05) is 0 Å². The second kappa shape index (κ2) is 6.40. The van der Waals surface area contributed by atoms with E-state index in [1.165, 1.54) is 20.0 Å². The van der Waals surface area contributed by atoms with Crippen LogP contribution in [0.3, 0.4) is 0 Å². The Morgan fingerprint density at radius 2 is 2.08 bits per heavy atom. The summed E-state index contributed by atoms with van der Waals surface area (Å²) in [5.74, 6) is -0.617. The molecule has 3 heterocycles. The summed E-state index contributed by atoms with van der Waals surface area (Å²) in [7, 11) is 0. The summed E-state index contributed by atoms with van der Waals surface area (Å²) in [4.78, 5) is 16.1. The standard InChI is InChI=1S/C19H22FN5O/c1-11-7-13(5-6-22-11)14-8-16-17(24-12(2)19(3,4)20)15(18(21)26)9-23-25(16)10-14/h5-10,12,24H,1-4H3,(H2,21,26). The number of nitrogens with one attached hydrogen (secondary N) is 1. The lowest BCUT2D eigenvalue weighted by atomic mass is 10.0. The SMILES string of the molecule is Cc1cc(-c2cc3c(NC(C)C(C)(C)F)c(C(N)=O)cnn3c2)ccn1. The van der Waals surface area contributed by atoms with E-state index in [-0.39, 0.29) is 5.56 Å². The van der Waals surface area contributed by atoms with E-state index in [1.54, 1.807) is 17.6 Å². The Morgan fingerprint density at radius 1 is 1.35 bits per heavy atom. The summed E-state index contributed by atoms with van der Waals surface area (Å²) in [6.07, 6.45) is 4.99. The van der Waals surface area contributed by atoms with Gasteiger partial charge in [-0.15, -0.1) is 0 Å². The van der Waals surface area contributed by atoms with Gasteiger partial charge in [0, 0.05) is 23.7 Å². The van der Waals surface area contributed by atoms with Gasteiger partial charge in [0.05, 0.1) is 29.0 Å². The summed E-state index contributed by atoms with van der Waals surface area (Å²) in [6.45, 7) is 6.60. The number of halogens is 1. The van der Waals surface area contributed by atoms with Crippen molar-refractivity contribution in [2.24, 2.45) is 5.73 Å². The fraction of sp³-hybridized carbons (Fsp3) is 0.316. The van der Waals surface area contributed by atoms with Crippen molar-refractivity contribution in [3.63, 3.8) is 0 Å². The topological polar surface area (TPSA) is 85.3 Å². The highest BCUT2D eigenvalue weighted by molar-refractivity contribution is 6.02. The molecule has 0 spiro atoms. The van der Waals surface area contributed by atoms with Crippen LogP contribution in [-0.2, 0) is 0 Å². The van der Waals surface area contributed by atoms with Crippen molar-refractivity contribution in [2.75, 3.05) is 5.32 Å². The van der Waals surface area contributed by atoms with Gasteiger partial charge in [0.25, 0.3) is 5.91 Å². The van der Waals surface area contributed by atoms with E-state index in [2.05, 4.69) is 15.4 Å². The van der Waals surface area contributed by atoms with Crippen LogP contribution in [0.5, 0.6) is 0 Å². The normalized spacial score (nSPS) is 13.0. The molecule has 7 heteroatoms. The smallest absolute Gasteiger partial charge is 0.252 e. The van der Waals surface area contributed by atoms with Crippen LogP contribution in [0.25, 0.3) is 16.6 Å². The third kappa shape index (κ3) is 3.37. The molecule has 3 aromatic heterocycles. The number of carbonyl (C=O) groups is 1. The fourth-order valence-electron chi connectivity index (χ4n) is 2.67. The molecule has 1 amide bonds. The first-order valence-corrected chi connectivity index (χ1v) is 8.36. The number of rotatable bonds is 5. The van der Waals surface area contributed by atoms with Gasteiger partial charge in [0.15, 0.2) is 0 Å². The average Bonchev–Trinajstić information content (AvgIpc) is 2.98. The molecule has 26 heavy (non-hydrogen) atoms. The largest absolute Gasteiger partial charge is 0.377 e. The fourth-order valence-corrected chi connectivity index (χ4v) is 2.67. The Bertz CT molecular complexity index is 974. The van der Waals surface area contributed by atoms with Crippen molar-refractivity contribution in [1.29, 1.82) is 0 Å². The molecule has 0 saturated heterocycles. The van der Waals surface area contributed by atoms with Crippen LogP contribution in [0.15, 0.2) is 36.8 Å². The molecule has 0 aromatic carbocycles. The molecular weight excluding hydrogens is 333 g/mol. The second-order valence-corrected chi connectivity index (χ2v) is 6.97. The molecule has 136 valence electrons. The van der Waals surface area contributed by atoms with E-state index < -0.39 is 17.6 Å². The number of aryl methyl sites for hydroxylation is 1. The van der Waals surface area contributed by atoms with Gasteiger partial charge in [0.2, 0.25) is 0 Å². The summed E-state index contributed by atoms with van der Waals surface area (Å²) in [5, 5.41) is 7.37. The molecule has 6 nitrogen and oxygen atoms in total. The van der Waals surface area contributed by atoms with Gasteiger partial charge in [-0.25, -0.2) is 8.91 Å². The minimum Gasteiger partial charge on any atom is -0.377 e. The van der Waals surface area contributed by atoms with Crippen LogP contribution in [0.2, 0.25) is 0 Å². The molecule has 0 saturated carbocycles. The number of pyridine rings is 1. The average molecular weight is 355 g/mol. The van der Waals surface area contributed by atoms with Crippen molar-refractivity contribution in [2.45, 2.75) is 39.4 Å². The maximum atomic E-state index is 14.3. The van der Waals surface area contributed by atoms with E-state index in [0.717, 1.165) is 16.8 Å². The molecule has 0 aliphatic carbocycles. The minimum absolute atomic E-state index is 0.226. The summed E-state index contributed by atoms with van der Waals surface area (Å²) in [6, 6.07) is 5.23. The zero-order valence-electron chi connectivity index (χ0n) is 15.2. The first-order chi connectivity index (χ1) is 12.2. The van der Waals surface area contributed by atoms with E-state index in [0.29, 0.717) is 11.2 Å². The lowest BCUT2D eigenvalue weighted by Gasteiger charge is -2.26. The number of fused-ring (bicyclic) bond motifs is 1. The summed E-state index contributed by atoms with van der Waals surface area (Å²) in [5.41, 5.74) is 8.17. The van der Waals surface area contributed by atoms with E-state index in [1.807, 2.05) is 31.3 Å². The van der Waals surface area contributed by atoms with Crippen molar-refractivity contribution in [1.82, 2.24) is 14.6 Å². The molecule has 0 radical (unpaired) electrons. The van der Waals surface area contributed by atoms with Crippen molar-refractivity contribution < 1.29 is 9.18 Å². The monoisotopic (exact) mass is 355 g/mol. The first-order valence-electron chi connectivity index (χ1n) is 8.36. The van der Waals surface area contributed by atoms with Crippen LogP contribution in [-0.4, -0.2) is 32.2 Å². The van der Waals surface area contributed by atoms with Gasteiger partial charge in [-0.05, 0) is 51.5 Å². The third-order valence-electron chi connectivity index (χ3n) is 4.52. The van der Waals surface area contributed by atoms with Crippen LogP contribution in [0.4, 0.5) is 10.1 Å². The number of aromatic nitrogens is 3. The summed E-state index contributed by atoms with van der Waals surface area (Å²) >= 11 is 0. The maximum absolute atomic E-state index is 14.3. The second-order valence-electron chi connectivity index (χ2n) is 6.97. The third-order valence-corrected chi connectivity index (χ3v) is 4.52. The highest BCUT2D eigenvalue weighted by Crippen LogP contribution is 2.30. The molecule has 1 unspecified atom stereocenters. The molecular formula is C19H22FN5O. The lowest BCUT2D eigenvalue weighted by molar-refractivity contribution is 0.1000. The summed E-state index contributed by atoms with van der Waals surface area (Å²) < 4.78 is 16.0. The number of amides is 1. The van der Waals surface area contributed by atoms with Gasteiger partial charge in [-0.3, -0.25) is 9.78 Å². The lowest BCUT2D eigenvalue weighted by Crippen LogP contribution is -2.36. The molecule has 3 rings (SSSR count). The zero-order valence-corrected chi connectivity index (χ0v) is 15.2. The van der Waals surface area contributed by atoms with Gasteiger partial charge < -0.3 is 11.1 Å². The van der Waals surface area contributed by atoms with Gasteiger partial charge >= 0.3 is 0 Å². The molecule has 3 N–H and O–H groups in total. The highest BCUT2D eigenvalue weighted by atomic mass is 19.1. The van der Waals surface area contributed by atoms with E-state index in [4.69, 9.17) is 5.73 Å². The number of primary amides is 1. The Labute approximate surface area is 151 Å². The number of hydrogen-bond acceptors (Lipinski definition) is 4. The Kier molecular flexibility index (Phi) is 4.39. The van der Waals surface area contributed by atoms with Crippen LogP contribution in [0, 0.1) is 6.92 Å². The van der Waals surface area contributed by atoms with Crippen molar-refractivity contribution >= 4 is 17.1 Å². The molecule has 0 fully saturated rings. The Balaban J connectivity index is 2.16. The highest BCUT2D eigenvalue weighted by Gasteiger charge is 2.27. The molecule has 1 atom stereocenters. The number of carbonyl (C=O) groups excluding carboxylic acids is 1. The minimum atomic E-state index is -1.48. The molecule has 0 aliphatic heterocycles. The quantitative estimate of drug-likeness (QED) is 0.735. The van der Waals surface area contributed by atoms with Crippen molar-refractivity contribution in [3.8, 4) is 11.1 Å². The zero-order chi connectivity index (χ0) is 19.1. The van der Waals surface area contributed by atoms with Gasteiger partial charge in [-0.2, -0.15) is 5.10 Å². The molecule has 3 aromatic rings.